The van der Waals surface area contributed by atoms with Gasteiger partial charge in [-0.25, -0.2) is 13.1 Å². The molecule has 0 atom stereocenters. The summed E-state index contributed by atoms with van der Waals surface area (Å²) in [4.78, 5) is 12.3. The van der Waals surface area contributed by atoms with E-state index in [1.165, 1.54) is 0 Å². The molecule has 122 valence electrons. The minimum Gasteiger partial charge on any atom is -0.274 e. The van der Waals surface area contributed by atoms with Gasteiger partial charge in [-0.3, -0.25) is 4.79 Å². The van der Waals surface area contributed by atoms with E-state index in [0.29, 0.717) is 5.56 Å². The van der Waals surface area contributed by atoms with E-state index in [1.807, 2.05) is 26.8 Å². The van der Waals surface area contributed by atoms with Gasteiger partial charge < -0.3 is 0 Å². The Balaban J connectivity index is 2.30. The third-order valence-electron chi connectivity index (χ3n) is 4.30. The number of amides is 1. The van der Waals surface area contributed by atoms with Crippen molar-refractivity contribution in [3.63, 3.8) is 0 Å². The molecule has 4 nitrogen and oxygen atoms in total. The van der Waals surface area contributed by atoms with Gasteiger partial charge in [0.05, 0.1) is 4.90 Å². The van der Waals surface area contributed by atoms with E-state index in [1.54, 1.807) is 19.1 Å². The summed E-state index contributed by atoms with van der Waals surface area (Å²) in [5.74, 6) is -0.529. The van der Waals surface area contributed by atoms with Gasteiger partial charge in [-0.2, -0.15) is 0 Å². The number of hydrogen-bond acceptors (Lipinski definition) is 3. The Morgan fingerprint density at radius 2 is 1.77 bits per heavy atom. The van der Waals surface area contributed by atoms with Crippen molar-refractivity contribution < 1.29 is 13.2 Å². The molecule has 5 heteroatoms. The third kappa shape index (κ3) is 3.69. The molecule has 1 aliphatic rings. The van der Waals surface area contributed by atoms with Crippen molar-refractivity contribution in [2.75, 3.05) is 0 Å². The minimum absolute atomic E-state index is 0.145. The Morgan fingerprint density at radius 1 is 1.18 bits per heavy atom. The van der Waals surface area contributed by atoms with Crippen LogP contribution in [0.4, 0.5) is 0 Å². The first-order valence-corrected chi connectivity index (χ1v) is 9.27. The van der Waals surface area contributed by atoms with E-state index in [0.717, 1.165) is 31.2 Å². The van der Waals surface area contributed by atoms with Crippen LogP contribution in [0, 0.1) is 12.8 Å². The summed E-state index contributed by atoms with van der Waals surface area (Å²) in [6, 6.07) is 5.42. The fourth-order valence-electron chi connectivity index (χ4n) is 2.81. The fourth-order valence-corrected chi connectivity index (χ4v) is 4.13. The molecule has 0 saturated heterocycles. The third-order valence-corrected chi connectivity index (χ3v) is 5.79. The van der Waals surface area contributed by atoms with Gasteiger partial charge in [-0.1, -0.05) is 45.7 Å². The van der Waals surface area contributed by atoms with Crippen LogP contribution in [0.5, 0.6) is 0 Å². The maximum Gasteiger partial charge on any atom is 0.264 e. The highest BCUT2D eigenvalue weighted by molar-refractivity contribution is 7.90. The standard InChI is InChI=1S/C17H25NO3S/c1-12-9-10-14(17(2,3)4)11-15(12)22(20,21)18-16(19)13-7-5-6-8-13/h9-11,13H,5-8H2,1-4H3,(H,18,19). The van der Waals surface area contributed by atoms with Crippen molar-refractivity contribution in [2.45, 2.75) is 63.7 Å². The molecule has 1 aromatic carbocycles. The Bertz CT molecular complexity index is 666. The van der Waals surface area contributed by atoms with Crippen LogP contribution in [0.2, 0.25) is 0 Å². The highest BCUT2D eigenvalue weighted by Gasteiger charge is 2.28. The largest absolute Gasteiger partial charge is 0.274 e. The Morgan fingerprint density at radius 3 is 2.32 bits per heavy atom. The van der Waals surface area contributed by atoms with E-state index in [2.05, 4.69) is 4.72 Å². The molecule has 1 N–H and O–H groups in total. The second kappa shape index (κ2) is 6.03. The van der Waals surface area contributed by atoms with Crippen LogP contribution >= 0.6 is 0 Å². The number of benzene rings is 1. The Labute approximate surface area is 133 Å². The molecule has 22 heavy (non-hydrogen) atoms. The van der Waals surface area contributed by atoms with Crippen LogP contribution < -0.4 is 4.72 Å². The number of carbonyl (C=O) groups excluding carboxylic acids is 1. The summed E-state index contributed by atoms with van der Waals surface area (Å²) >= 11 is 0. The number of carbonyl (C=O) groups is 1. The van der Waals surface area contributed by atoms with Crippen LogP contribution in [-0.4, -0.2) is 14.3 Å². The predicted octanol–water partition coefficient (Wildman–Crippen LogP) is 3.29. The molecule has 0 aromatic heterocycles. The average molecular weight is 323 g/mol. The van der Waals surface area contributed by atoms with E-state index < -0.39 is 10.0 Å². The Kier molecular flexibility index (Phi) is 4.66. The minimum atomic E-state index is -3.81. The molecular formula is C17H25NO3S. The molecule has 0 spiro atoms. The SMILES string of the molecule is Cc1ccc(C(C)(C)C)cc1S(=O)(=O)NC(=O)C1CCCC1. The van der Waals surface area contributed by atoms with E-state index in [9.17, 15) is 13.2 Å². The van der Waals surface area contributed by atoms with Gasteiger partial charge in [0.1, 0.15) is 0 Å². The number of nitrogens with one attached hydrogen (secondary N) is 1. The number of rotatable bonds is 3. The first kappa shape index (κ1) is 17.0. The lowest BCUT2D eigenvalue weighted by molar-refractivity contribution is -0.122. The van der Waals surface area contributed by atoms with Gasteiger partial charge in [0.2, 0.25) is 5.91 Å². The van der Waals surface area contributed by atoms with Crippen LogP contribution in [0.1, 0.15) is 57.6 Å². The molecule has 1 aromatic rings. The lowest BCUT2D eigenvalue weighted by Crippen LogP contribution is -2.35. The maximum atomic E-state index is 12.6. The van der Waals surface area contributed by atoms with E-state index in [-0.39, 0.29) is 22.1 Å². The van der Waals surface area contributed by atoms with Crippen molar-refractivity contribution >= 4 is 15.9 Å². The molecule has 0 heterocycles. The number of aryl methyl sites for hydroxylation is 1. The molecule has 0 aliphatic heterocycles. The van der Waals surface area contributed by atoms with Crippen molar-refractivity contribution in [3.05, 3.63) is 29.3 Å². The maximum absolute atomic E-state index is 12.6. The van der Waals surface area contributed by atoms with E-state index in [4.69, 9.17) is 0 Å². The molecule has 1 amide bonds. The van der Waals surface area contributed by atoms with Crippen molar-refractivity contribution in [2.24, 2.45) is 5.92 Å². The molecule has 1 aliphatic carbocycles. The zero-order valence-corrected chi connectivity index (χ0v) is 14.6. The van der Waals surface area contributed by atoms with Gasteiger partial charge in [0.15, 0.2) is 0 Å². The molecule has 0 radical (unpaired) electrons. The van der Waals surface area contributed by atoms with Crippen LogP contribution in [-0.2, 0) is 20.2 Å². The molecular weight excluding hydrogens is 298 g/mol. The average Bonchev–Trinajstić information content (AvgIpc) is 2.90. The lowest BCUT2D eigenvalue weighted by Gasteiger charge is -2.21. The summed E-state index contributed by atoms with van der Waals surface area (Å²) in [7, 11) is -3.81. The highest BCUT2D eigenvalue weighted by Crippen LogP contribution is 2.28. The lowest BCUT2D eigenvalue weighted by atomic mass is 9.87. The topological polar surface area (TPSA) is 63.2 Å². The second-order valence-corrected chi connectivity index (χ2v) is 8.83. The fraction of sp³-hybridized carbons (Fsp3) is 0.588. The number of sulfonamides is 1. The van der Waals surface area contributed by atoms with Crippen LogP contribution in [0.15, 0.2) is 23.1 Å². The van der Waals surface area contributed by atoms with Gasteiger partial charge in [0, 0.05) is 5.92 Å². The summed E-state index contributed by atoms with van der Waals surface area (Å²) in [5.41, 5.74) is 1.44. The van der Waals surface area contributed by atoms with Crippen molar-refractivity contribution in [3.8, 4) is 0 Å². The zero-order valence-electron chi connectivity index (χ0n) is 13.8. The summed E-state index contributed by atoms with van der Waals surface area (Å²) in [6.07, 6.45) is 3.55. The summed E-state index contributed by atoms with van der Waals surface area (Å²) in [5, 5.41) is 0. The van der Waals surface area contributed by atoms with Crippen molar-refractivity contribution in [1.82, 2.24) is 4.72 Å². The summed E-state index contributed by atoms with van der Waals surface area (Å²) < 4.78 is 27.4. The van der Waals surface area contributed by atoms with Crippen LogP contribution in [0.25, 0.3) is 0 Å². The highest BCUT2D eigenvalue weighted by atomic mass is 32.2. The van der Waals surface area contributed by atoms with E-state index >= 15 is 0 Å². The molecule has 1 saturated carbocycles. The smallest absolute Gasteiger partial charge is 0.264 e. The quantitative estimate of drug-likeness (QED) is 0.928. The van der Waals surface area contributed by atoms with Gasteiger partial charge in [-0.15, -0.1) is 0 Å². The monoisotopic (exact) mass is 323 g/mol. The molecule has 0 bridgehead atoms. The first-order valence-electron chi connectivity index (χ1n) is 7.79. The van der Waals surface area contributed by atoms with Gasteiger partial charge in [-0.05, 0) is 42.4 Å². The normalized spacial score (nSPS) is 16.7. The first-order chi connectivity index (χ1) is 10.1. The Hall–Kier alpha value is -1.36. The van der Waals surface area contributed by atoms with Crippen LogP contribution in [0.3, 0.4) is 0 Å². The van der Waals surface area contributed by atoms with Gasteiger partial charge >= 0.3 is 0 Å². The second-order valence-electron chi connectivity index (χ2n) is 7.18. The van der Waals surface area contributed by atoms with Gasteiger partial charge in [0.25, 0.3) is 10.0 Å². The van der Waals surface area contributed by atoms with Crippen molar-refractivity contribution in [1.29, 1.82) is 0 Å². The number of hydrogen-bond donors (Lipinski definition) is 1. The zero-order chi connectivity index (χ0) is 16.5. The molecule has 2 rings (SSSR count). The molecule has 0 unspecified atom stereocenters. The predicted molar refractivity (Wildman–Crippen MR) is 87.2 cm³/mol. The molecule has 1 fully saturated rings. The summed E-state index contributed by atoms with van der Waals surface area (Å²) in [6.45, 7) is 7.85.